The van der Waals surface area contributed by atoms with Gasteiger partial charge in [0.2, 0.25) is 5.91 Å². The number of nitrogens with zero attached hydrogens (tertiary/aromatic N) is 4. The molecular weight excluding hydrogens is 414 g/mol. The van der Waals surface area contributed by atoms with Crippen LogP contribution in [-0.4, -0.2) is 25.5 Å². The summed E-state index contributed by atoms with van der Waals surface area (Å²) in [5.41, 5.74) is 6.33. The standard InChI is InChI=1S/C26H27N5O2/c1-16-4-7-19(8-5-16)13-27-23(32)15-30-26(33)25-22(24(29-30)20-9-10-20)14-28-31(25)21-11-6-17(2)18(3)12-21/h4-8,11-12,14,20H,9-10,13,15H2,1-3H3,(H,27,32). The third-order valence-electron chi connectivity index (χ3n) is 6.31. The first kappa shape index (κ1) is 21.1. The molecule has 1 N–H and O–H groups in total. The van der Waals surface area contributed by atoms with Crippen molar-refractivity contribution in [1.29, 1.82) is 0 Å². The monoisotopic (exact) mass is 441 g/mol. The summed E-state index contributed by atoms with van der Waals surface area (Å²) < 4.78 is 2.97. The Morgan fingerprint density at radius 3 is 2.52 bits per heavy atom. The first-order valence-corrected chi connectivity index (χ1v) is 11.3. The lowest BCUT2D eigenvalue weighted by Gasteiger charge is -2.11. The molecule has 0 bridgehead atoms. The molecule has 0 atom stereocenters. The Bertz CT molecular complexity index is 1410. The van der Waals surface area contributed by atoms with Crippen molar-refractivity contribution in [2.24, 2.45) is 0 Å². The highest BCUT2D eigenvalue weighted by Crippen LogP contribution is 2.41. The van der Waals surface area contributed by atoms with E-state index in [0.29, 0.717) is 18.0 Å². The highest BCUT2D eigenvalue weighted by Gasteiger charge is 2.30. The molecule has 0 unspecified atom stereocenters. The molecule has 2 heterocycles. The summed E-state index contributed by atoms with van der Waals surface area (Å²) in [4.78, 5) is 26.1. The Balaban J connectivity index is 1.49. The van der Waals surface area contributed by atoms with Gasteiger partial charge in [0, 0.05) is 17.8 Å². The third-order valence-corrected chi connectivity index (χ3v) is 6.31. The van der Waals surface area contributed by atoms with Gasteiger partial charge in [-0.15, -0.1) is 0 Å². The number of carbonyl (C=O) groups is 1. The SMILES string of the molecule is Cc1ccc(CNC(=O)Cn2nc(C3CC3)c3cnn(-c4ccc(C)c(C)c4)c3c2=O)cc1. The molecule has 5 rings (SSSR count). The van der Waals surface area contributed by atoms with E-state index in [4.69, 9.17) is 0 Å². The molecule has 7 nitrogen and oxygen atoms in total. The smallest absolute Gasteiger partial charge is 0.293 e. The zero-order valence-corrected chi connectivity index (χ0v) is 19.1. The second kappa shape index (κ2) is 8.31. The largest absolute Gasteiger partial charge is 0.350 e. The van der Waals surface area contributed by atoms with Crippen LogP contribution in [-0.2, 0) is 17.9 Å². The van der Waals surface area contributed by atoms with Crippen molar-refractivity contribution in [1.82, 2.24) is 24.9 Å². The van der Waals surface area contributed by atoms with Gasteiger partial charge in [-0.1, -0.05) is 35.9 Å². The van der Waals surface area contributed by atoms with Crippen LogP contribution in [0, 0.1) is 20.8 Å². The van der Waals surface area contributed by atoms with Gasteiger partial charge < -0.3 is 5.32 Å². The molecule has 0 spiro atoms. The van der Waals surface area contributed by atoms with E-state index >= 15 is 0 Å². The first-order valence-electron chi connectivity index (χ1n) is 11.3. The van der Waals surface area contributed by atoms with Crippen molar-refractivity contribution >= 4 is 16.8 Å². The van der Waals surface area contributed by atoms with Gasteiger partial charge in [-0.2, -0.15) is 10.2 Å². The van der Waals surface area contributed by atoms with Crippen LogP contribution in [0.25, 0.3) is 16.6 Å². The number of nitrogens with one attached hydrogen (secondary N) is 1. The van der Waals surface area contributed by atoms with Crippen LogP contribution in [0.3, 0.4) is 0 Å². The molecule has 4 aromatic rings. The van der Waals surface area contributed by atoms with Crippen LogP contribution in [0.1, 0.15) is 46.7 Å². The van der Waals surface area contributed by atoms with Crippen molar-refractivity contribution in [2.45, 2.75) is 52.6 Å². The van der Waals surface area contributed by atoms with Gasteiger partial charge in [0.05, 0.1) is 17.6 Å². The fourth-order valence-corrected chi connectivity index (χ4v) is 4.01. The first-order chi connectivity index (χ1) is 15.9. The van der Waals surface area contributed by atoms with Gasteiger partial charge in [0.1, 0.15) is 12.1 Å². The van der Waals surface area contributed by atoms with Crippen molar-refractivity contribution < 1.29 is 4.79 Å². The van der Waals surface area contributed by atoms with Gasteiger partial charge in [-0.05, 0) is 62.4 Å². The third kappa shape index (κ3) is 4.18. The lowest BCUT2D eigenvalue weighted by molar-refractivity contribution is -0.122. The minimum Gasteiger partial charge on any atom is -0.350 e. The molecule has 0 radical (unpaired) electrons. The second-order valence-electron chi connectivity index (χ2n) is 8.97. The summed E-state index contributed by atoms with van der Waals surface area (Å²) in [5.74, 6) is 0.0656. The maximum Gasteiger partial charge on any atom is 0.293 e. The maximum absolute atomic E-state index is 13.4. The van der Waals surface area contributed by atoms with Crippen molar-refractivity contribution in [3.05, 3.63) is 87.0 Å². The summed E-state index contributed by atoms with van der Waals surface area (Å²) in [6.07, 6.45) is 3.80. The van der Waals surface area contributed by atoms with Crippen LogP contribution in [0.4, 0.5) is 0 Å². The molecule has 2 aromatic carbocycles. The normalized spacial score (nSPS) is 13.4. The second-order valence-corrected chi connectivity index (χ2v) is 8.97. The van der Waals surface area contributed by atoms with Crippen LogP contribution < -0.4 is 10.9 Å². The molecule has 1 saturated carbocycles. The minimum atomic E-state index is -0.310. The lowest BCUT2D eigenvalue weighted by Crippen LogP contribution is -2.34. The maximum atomic E-state index is 13.4. The van der Waals surface area contributed by atoms with E-state index in [1.807, 2.05) is 56.3 Å². The fourth-order valence-electron chi connectivity index (χ4n) is 4.01. The van der Waals surface area contributed by atoms with E-state index in [9.17, 15) is 9.59 Å². The number of fused-ring (bicyclic) bond motifs is 1. The molecule has 1 fully saturated rings. The number of benzene rings is 2. The summed E-state index contributed by atoms with van der Waals surface area (Å²) in [7, 11) is 0. The molecule has 33 heavy (non-hydrogen) atoms. The lowest BCUT2D eigenvalue weighted by atomic mass is 10.1. The van der Waals surface area contributed by atoms with E-state index in [1.165, 1.54) is 15.8 Å². The number of carbonyl (C=O) groups excluding carboxylic acids is 1. The van der Waals surface area contributed by atoms with Gasteiger partial charge in [0.25, 0.3) is 5.56 Å². The van der Waals surface area contributed by atoms with Gasteiger partial charge >= 0.3 is 0 Å². The number of amides is 1. The average molecular weight is 442 g/mol. The van der Waals surface area contributed by atoms with Gasteiger partial charge in [0.15, 0.2) is 0 Å². The Morgan fingerprint density at radius 1 is 1.06 bits per heavy atom. The number of aromatic nitrogens is 4. The summed E-state index contributed by atoms with van der Waals surface area (Å²) in [5, 5.41) is 12.8. The molecule has 1 aliphatic carbocycles. The molecule has 1 aliphatic rings. The van der Waals surface area contributed by atoms with E-state index in [-0.39, 0.29) is 18.0 Å². The fraction of sp³-hybridized carbons (Fsp3) is 0.308. The average Bonchev–Trinajstić information content (AvgIpc) is 3.55. The Kier molecular flexibility index (Phi) is 5.32. The van der Waals surface area contributed by atoms with Crippen molar-refractivity contribution in [3.8, 4) is 5.69 Å². The van der Waals surface area contributed by atoms with Crippen LogP contribution in [0.5, 0.6) is 0 Å². The molecule has 1 amide bonds. The van der Waals surface area contributed by atoms with Crippen LogP contribution in [0.15, 0.2) is 53.5 Å². The zero-order valence-electron chi connectivity index (χ0n) is 19.1. The van der Waals surface area contributed by atoms with E-state index in [0.717, 1.165) is 40.7 Å². The Labute approximate surface area is 192 Å². The topological polar surface area (TPSA) is 81.8 Å². The summed E-state index contributed by atoms with van der Waals surface area (Å²) >= 11 is 0. The van der Waals surface area contributed by atoms with E-state index < -0.39 is 0 Å². The van der Waals surface area contributed by atoms with Crippen LogP contribution >= 0.6 is 0 Å². The van der Waals surface area contributed by atoms with Crippen LogP contribution in [0.2, 0.25) is 0 Å². The molecular formula is C26H27N5O2. The number of rotatable bonds is 6. The molecule has 0 aliphatic heterocycles. The number of hydrogen-bond acceptors (Lipinski definition) is 4. The van der Waals surface area contributed by atoms with E-state index in [2.05, 4.69) is 22.4 Å². The van der Waals surface area contributed by atoms with Crippen molar-refractivity contribution in [2.75, 3.05) is 0 Å². The molecule has 7 heteroatoms. The van der Waals surface area contributed by atoms with E-state index in [1.54, 1.807) is 10.9 Å². The summed E-state index contributed by atoms with van der Waals surface area (Å²) in [6, 6.07) is 14.0. The zero-order chi connectivity index (χ0) is 23.1. The molecule has 168 valence electrons. The predicted molar refractivity (Wildman–Crippen MR) is 128 cm³/mol. The highest BCUT2D eigenvalue weighted by molar-refractivity contribution is 5.83. The van der Waals surface area contributed by atoms with Gasteiger partial charge in [-0.25, -0.2) is 9.36 Å². The Morgan fingerprint density at radius 2 is 1.82 bits per heavy atom. The minimum absolute atomic E-state index is 0.127. The number of aryl methyl sites for hydroxylation is 3. The van der Waals surface area contributed by atoms with Gasteiger partial charge in [-0.3, -0.25) is 9.59 Å². The predicted octanol–water partition coefficient (Wildman–Crippen LogP) is 3.70. The summed E-state index contributed by atoms with van der Waals surface area (Å²) in [6.45, 7) is 6.40. The number of hydrogen-bond donors (Lipinski definition) is 1. The van der Waals surface area contributed by atoms with Crippen molar-refractivity contribution in [3.63, 3.8) is 0 Å². The Hall–Kier alpha value is -3.74. The quantitative estimate of drug-likeness (QED) is 0.495. The highest BCUT2D eigenvalue weighted by atomic mass is 16.2. The molecule has 2 aromatic heterocycles. The molecule has 0 saturated heterocycles.